The molecule has 3 aromatic rings. The van der Waals surface area contributed by atoms with E-state index < -0.39 is 10.0 Å². The van der Waals surface area contributed by atoms with Gasteiger partial charge < -0.3 is 5.32 Å². The molecule has 8 nitrogen and oxygen atoms in total. The second-order valence-corrected chi connectivity index (χ2v) is 9.90. The molecule has 11 heteroatoms. The molecule has 2 heterocycles. The molecule has 0 aliphatic rings. The van der Waals surface area contributed by atoms with Gasteiger partial charge in [-0.25, -0.2) is 13.4 Å². The van der Waals surface area contributed by atoms with E-state index in [1.807, 2.05) is 18.2 Å². The fourth-order valence-corrected chi connectivity index (χ4v) is 4.75. The van der Waals surface area contributed by atoms with Gasteiger partial charge in [-0.05, 0) is 50.2 Å². The van der Waals surface area contributed by atoms with Crippen LogP contribution < -0.4 is 10.0 Å². The number of sulfonamides is 1. The normalized spacial score (nSPS) is 12.4. The smallest absolute Gasteiger partial charge is 0.263 e. The van der Waals surface area contributed by atoms with Crippen LogP contribution in [0.15, 0.2) is 58.6 Å². The fourth-order valence-electron chi connectivity index (χ4n) is 2.12. The van der Waals surface area contributed by atoms with Crippen LogP contribution in [-0.2, 0) is 14.8 Å². The number of pyridine rings is 1. The molecule has 1 unspecified atom stereocenters. The molecule has 3 rings (SSSR count). The van der Waals surface area contributed by atoms with Crippen molar-refractivity contribution in [2.24, 2.45) is 0 Å². The average molecular weight is 436 g/mol. The molecule has 1 atom stereocenters. The van der Waals surface area contributed by atoms with E-state index in [0.29, 0.717) is 10.7 Å². The summed E-state index contributed by atoms with van der Waals surface area (Å²) in [6, 6.07) is 11.4. The van der Waals surface area contributed by atoms with Crippen LogP contribution in [0.25, 0.3) is 0 Å². The predicted octanol–water partition coefficient (Wildman–Crippen LogP) is 3.16. The Morgan fingerprint density at radius 1 is 1.14 bits per heavy atom. The van der Waals surface area contributed by atoms with Crippen molar-refractivity contribution in [3.8, 4) is 0 Å². The van der Waals surface area contributed by atoms with Gasteiger partial charge in [0.1, 0.15) is 5.01 Å². The van der Waals surface area contributed by atoms with E-state index in [1.54, 1.807) is 20.0 Å². The van der Waals surface area contributed by atoms with Crippen LogP contribution in [0.2, 0.25) is 0 Å². The third-order valence-corrected chi connectivity index (χ3v) is 6.77. The Labute approximate surface area is 170 Å². The van der Waals surface area contributed by atoms with Crippen molar-refractivity contribution in [1.29, 1.82) is 0 Å². The number of nitrogens with zero attached hydrogens (tertiary/aromatic N) is 3. The number of carbonyl (C=O) groups excluding carboxylic acids is 1. The van der Waals surface area contributed by atoms with Gasteiger partial charge in [-0.1, -0.05) is 29.2 Å². The van der Waals surface area contributed by atoms with Gasteiger partial charge in [0, 0.05) is 11.9 Å². The van der Waals surface area contributed by atoms with Crippen molar-refractivity contribution in [3.05, 3.63) is 53.7 Å². The number of benzene rings is 1. The zero-order valence-electron chi connectivity index (χ0n) is 15.0. The van der Waals surface area contributed by atoms with Gasteiger partial charge in [0.25, 0.3) is 10.0 Å². The lowest BCUT2D eigenvalue weighted by atomic mass is 10.3. The minimum absolute atomic E-state index is 0.0641. The van der Waals surface area contributed by atoms with Gasteiger partial charge in [0.05, 0.1) is 15.2 Å². The summed E-state index contributed by atoms with van der Waals surface area (Å²) in [6.45, 7) is 3.52. The third kappa shape index (κ3) is 5.27. The van der Waals surface area contributed by atoms with Crippen LogP contribution in [0.5, 0.6) is 0 Å². The lowest BCUT2D eigenvalue weighted by molar-refractivity contribution is -0.115. The van der Waals surface area contributed by atoms with Crippen LogP contribution in [0, 0.1) is 6.92 Å². The molecule has 2 aromatic heterocycles. The van der Waals surface area contributed by atoms with Crippen molar-refractivity contribution in [2.45, 2.75) is 29.0 Å². The Morgan fingerprint density at radius 3 is 2.50 bits per heavy atom. The van der Waals surface area contributed by atoms with Crippen molar-refractivity contribution < 1.29 is 13.2 Å². The molecular weight excluding hydrogens is 418 g/mol. The summed E-state index contributed by atoms with van der Waals surface area (Å²) in [4.78, 5) is 16.6. The first-order valence-electron chi connectivity index (χ1n) is 8.15. The monoisotopic (exact) mass is 435 g/mol. The van der Waals surface area contributed by atoms with E-state index in [1.165, 1.54) is 36.0 Å². The summed E-state index contributed by atoms with van der Waals surface area (Å²) < 4.78 is 27.2. The Kier molecular flexibility index (Phi) is 6.27. The van der Waals surface area contributed by atoms with E-state index >= 15 is 0 Å². The van der Waals surface area contributed by atoms with E-state index in [9.17, 15) is 13.2 Å². The number of rotatable bonds is 7. The van der Waals surface area contributed by atoms with Crippen LogP contribution in [0.4, 0.5) is 10.8 Å². The second-order valence-electron chi connectivity index (χ2n) is 5.67. The zero-order chi connectivity index (χ0) is 20.1. The predicted molar refractivity (Wildman–Crippen MR) is 110 cm³/mol. The number of anilines is 2. The number of hydrogen-bond donors (Lipinski definition) is 2. The zero-order valence-corrected chi connectivity index (χ0v) is 17.4. The van der Waals surface area contributed by atoms with Gasteiger partial charge in [-0.3, -0.25) is 9.52 Å². The molecule has 0 saturated carbocycles. The van der Waals surface area contributed by atoms with Gasteiger partial charge in [-0.2, -0.15) is 0 Å². The van der Waals surface area contributed by atoms with E-state index in [4.69, 9.17) is 0 Å². The quantitative estimate of drug-likeness (QED) is 0.548. The summed E-state index contributed by atoms with van der Waals surface area (Å²) in [5, 5.41) is 11.6. The number of amides is 1. The van der Waals surface area contributed by atoms with Crippen molar-refractivity contribution in [2.75, 3.05) is 10.0 Å². The molecule has 2 N–H and O–H groups in total. The number of nitrogens with one attached hydrogen (secondary N) is 2. The Morgan fingerprint density at radius 2 is 1.89 bits per heavy atom. The molecule has 0 saturated heterocycles. The molecule has 0 aliphatic carbocycles. The van der Waals surface area contributed by atoms with Crippen molar-refractivity contribution in [3.63, 3.8) is 0 Å². The molecule has 1 amide bonds. The van der Waals surface area contributed by atoms with Crippen molar-refractivity contribution >= 4 is 49.8 Å². The van der Waals surface area contributed by atoms with Gasteiger partial charge in [0.2, 0.25) is 11.0 Å². The highest BCUT2D eigenvalue weighted by Gasteiger charge is 2.18. The Bertz CT molecular complexity index is 1050. The minimum Gasteiger partial charge on any atom is -0.325 e. The fraction of sp³-hybridized carbons (Fsp3) is 0.176. The van der Waals surface area contributed by atoms with Crippen LogP contribution in [-0.4, -0.2) is 34.8 Å². The number of aryl methyl sites for hydroxylation is 1. The second kappa shape index (κ2) is 8.67. The maximum absolute atomic E-state index is 12.4. The SMILES string of the molecule is Cc1nnc(NS(=O)(=O)c2ccc(NC(=O)C(C)Sc3ccccn3)cc2)s1. The minimum atomic E-state index is -3.77. The highest BCUT2D eigenvalue weighted by atomic mass is 32.2. The summed E-state index contributed by atoms with van der Waals surface area (Å²) in [5.74, 6) is -0.200. The molecule has 146 valence electrons. The van der Waals surface area contributed by atoms with Gasteiger partial charge in [-0.15, -0.1) is 10.2 Å². The Balaban J connectivity index is 1.62. The first kappa shape index (κ1) is 20.2. The molecule has 0 spiro atoms. The maximum atomic E-state index is 12.4. The lowest BCUT2D eigenvalue weighted by Crippen LogP contribution is -2.22. The molecule has 0 fully saturated rings. The maximum Gasteiger partial charge on any atom is 0.263 e. The molecule has 0 radical (unpaired) electrons. The number of carbonyl (C=O) groups is 1. The molecule has 28 heavy (non-hydrogen) atoms. The third-order valence-electron chi connectivity index (χ3n) is 3.48. The number of aromatic nitrogens is 3. The van der Waals surface area contributed by atoms with Crippen LogP contribution >= 0.6 is 23.1 Å². The molecular formula is C17H17N5O3S3. The van der Waals surface area contributed by atoms with E-state index in [-0.39, 0.29) is 21.2 Å². The summed E-state index contributed by atoms with van der Waals surface area (Å²) >= 11 is 2.49. The summed E-state index contributed by atoms with van der Waals surface area (Å²) in [6.07, 6.45) is 1.67. The molecule has 1 aromatic carbocycles. The highest BCUT2D eigenvalue weighted by molar-refractivity contribution is 8.00. The lowest BCUT2D eigenvalue weighted by Gasteiger charge is -2.12. The van der Waals surface area contributed by atoms with E-state index in [2.05, 4.69) is 25.2 Å². The van der Waals surface area contributed by atoms with E-state index in [0.717, 1.165) is 16.4 Å². The van der Waals surface area contributed by atoms with Gasteiger partial charge >= 0.3 is 0 Å². The average Bonchev–Trinajstić information content (AvgIpc) is 3.07. The largest absolute Gasteiger partial charge is 0.325 e. The van der Waals surface area contributed by atoms with Gasteiger partial charge in [0.15, 0.2) is 0 Å². The van der Waals surface area contributed by atoms with Crippen LogP contribution in [0.1, 0.15) is 11.9 Å². The standard InChI is InChI=1S/C17H17N5O3S3/c1-11(26-15-5-3-4-10-18-15)16(23)19-13-6-8-14(9-7-13)28(24,25)22-17-21-20-12(2)27-17/h3-11H,1-2H3,(H,19,23)(H,21,22). The first-order chi connectivity index (χ1) is 13.3. The first-order valence-corrected chi connectivity index (χ1v) is 11.3. The number of hydrogen-bond acceptors (Lipinski definition) is 8. The highest BCUT2D eigenvalue weighted by Crippen LogP contribution is 2.23. The summed E-state index contributed by atoms with van der Waals surface area (Å²) in [7, 11) is -3.77. The van der Waals surface area contributed by atoms with Crippen LogP contribution in [0.3, 0.4) is 0 Å². The summed E-state index contributed by atoms with van der Waals surface area (Å²) in [5.41, 5.74) is 0.504. The molecule has 0 aliphatic heterocycles. The Hall–Kier alpha value is -2.50. The topological polar surface area (TPSA) is 114 Å². The number of thioether (sulfide) groups is 1. The van der Waals surface area contributed by atoms with Crippen molar-refractivity contribution in [1.82, 2.24) is 15.2 Å². The molecule has 0 bridgehead atoms.